The number of hydrogen-bond acceptors (Lipinski definition) is 7. The number of para-hydroxylation sites is 1. The van der Waals surface area contributed by atoms with Crippen LogP contribution in [0.4, 0.5) is 5.69 Å². The van der Waals surface area contributed by atoms with Crippen molar-refractivity contribution in [1.29, 1.82) is 0 Å². The fraction of sp³-hybridized carbons (Fsp3) is 0.259. The molecule has 1 saturated heterocycles. The lowest BCUT2D eigenvalue weighted by atomic mass is 10.1. The summed E-state index contributed by atoms with van der Waals surface area (Å²) in [7, 11) is 0. The number of aryl methyl sites for hydroxylation is 1. The van der Waals surface area contributed by atoms with Gasteiger partial charge in [0.2, 0.25) is 0 Å². The predicted octanol–water partition coefficient (Wildman–Crippen LogP) is 4.16. The van der Waals surface area contributed by atoms with Crippen LogP contribution in [0.3, 0.4) is 0 Å². The minimum absolute atomic E-state index is 0.117. The first-order valence-electron chi connectivity index (χ1n) is 11.8. The Morgan fingerprint density at radius 2 is 1.60 bits per heavy atom. The maximum absolute atomic E-state index is 13.0. The summed E-state index contributed by atoms with van der Waals surface area (Å²) in [5.41, 5.74) is 4.37. The number of hydrogen-bond donors (Lipinski definition) is 1. The fourth-order valence-electron chi connectivity index (χ4n) is 4.30. The van der Waals surface area contributed by atoms with Gasteiger partial charge in [0.05, 0.1) is 5.69 Å². The number of nitrogens with one attached hydrogen (secondary N) is 1. The quantitative estimate of drug-likeness (QED) is 0.425. The van der Waals surface area contributed by atoms with E-state index in [2.05, 4.69) is 78.6 Å². The van der Waals surface area contributed by atoms with Crippen molar-refractivity contribution in [1.82, 2.24) is 25.2 Å². The molecule has 0 aliphatic carbocycles. The highest BCUT2D eigenvalue weighted by Gasteiger charge is 2.20. The third-order valence-corrected chi connectivity index (χ3v) is 7.36. The molecular weight excluding hydrogens is 456 g/mol. The van der Waals surface area contributed by atoms with Crippen LogP contribution >= 0.6 is 11.3 Å². The summed E-state index contributed by atoms with van der Waals surface area (Å²) >= 11 is 1.33. The lowest BCUT2D eigenvalue weighted by Gasteiger charge is -2.36. The number of anilines is 1. The molecule has 5 rings (SSSR count). The number of aromatic nitrogens is 3. The third-order valence-electron chi connectivity index (χ3n) is 6.21. The molecule has 8 heteroatoms. The van der Waals surface area contributed by atoms with Gasteiger partial charge in [-0.15, -0.1) is 11.3 Å². The molecule has 0 atom stereocenters. The van der Waals surface area contributed by atoms with Crippen molar-refractivity contribution in [3.8, 4) is 10.8 Å². The monoisotopic (exact) mass is 484 g/mol. The standard InChI is InChI=1S/C27H28N6OS/c1-20-24(35-27(31-20)25-28-12-7-13-29-25)26(34)30-18-21-8-5-6-9-22(21)19-32-14-16-33(17-15-32)23-10-3-2-4-11-23/h2-13H,14-19H2,1H3,(H,30,34). The summed E-state index contributed by atoms with van der Waals surface area (Å²) in [5, 5.41) is 3.75. The lowest BCUT2D eigenvalue weighted by molar-refractivity contribution is 0.0954. The Hall–Kier alpha value is -3.62. The largest absolute Gasteiger partial charge is 0.369 e. The molecule has 4 aromatic rings. The van der Waals surface area contributed by atoms with E-state index in [0.717, 1.165) is 38.3 Å². The van der Waals surface area contributed by atoms with Crippen LogP contribution in [-0.2, 0) is 13.1 Å². The molecule has 0 bridgehead atoms. The first kappa shape index (κ1) is 23.1. The van der Waals surface area contributed by atoms with Gasteiger partial charge < -0.3 is 10.2 Å². The zero-order valence-electron chi connectivity index (χ0n) is 19.7. The lowest BCUT2D eigenvalue weighted by Crippen LogP contribution is -2.46. The molecule has 7 nitrogen and oxygen atoms in total. The van der Waals surface area contributed by atoms with E-state index in [4.69, 9.17) is 0 Å². The van der Waals surface area contributed by atoms with Crippen molar-refractivity contribution < 1.29 is 4.79 Å². The van der Waals surface area contributed by atoms with E-state index in [9.17, 15) is 4.79 Å². The minimum atomic E-state index is -0.117. The fourth-order valence-corrected chi connectivity index (χ4v) is 5.23. The molecule has 0 saturated carbocycles. The molecule has 1 N–H and O–H groups in total. The van der Waals surface area contributed by atoms with Gasteiger partial charge in [-0.1, -0.05) is 42.5 Å². The second kappa shape index (κ2) is 10.8. The predicted molar refractivity (Wildman–Crippen MR) is 139 cm³/mol. The van der Waals surface area contributed by atoms with Gasteiger partial charge in [0.1, 0.15) is 4.88 Å². The zero-order chi connectivity index (χ0) is 24.0. The van der Waals surface area contributed by atoms with E-state index >= 15 is 0 Å². The van der Waals surface area contributed by atoms with E-state index in [-0.39, 0.29) is 5.91 Å². The topological polar surface area (TPSA) is 74.2 Å². The molecule has 2 aromatic carbocycles. The number of benzene rings is 2. The minimum Gasteiger partial charge on any atom is -0.369 e. The second-order valence-electron chi connectivity index (χ2n) is 8.56. The molecule has 178 valence electrons. The van der Waals surface area contributed by atoms with Crippen LogP contribution in [0.5, 0.6) is 0 Å². The summed E-state index contributed by atoms with van der Waals surface area (Å²) in [6.07, 6.45) is 3.36. The van der Waals surface area contributed by atoms with Crippen LogP contribution in [0.2, 0.25) is 0 Å². The van der Waals surface area contributed by atoms with Crippen LogP contribution in [0, 0.1) is 6.92 Å². The van der Waals surface area contributed by atoms with E-state index in [0.29, 0.717) is 27.9 Å². The van der Waals surface area contributed by atoms with Crippen molar-refractivity contribution in [2.24, 2.45) is 0 Å². The molecule has 1 aliphatic rings. The number of rotatable bonds is 7. The highest BCUT2D eigenvalue weighted by Crippen LogP contribution is 2.25. The highest BCUT2D eigenvalue weighted by atomic mass is 32.1. The number of nitrogens with zero attached hydrogens (tertiary/aromatic N) is 5. The smallest absolute Gasteiger partial charge is 0.263 e. The van der Waals surface area contributed by atoms with Crippen LogP contribution in [0.1, 0.15) is 26.5 Å². The third kappa shape index (κ3) is 5.55. The highest BCUT2D eigenvalue weighted by molar-refractivity contribution is 7.17. The Kier molecular flexibility index (Phi) is 7.11. The van der Waals surface area contributed by atoms with Crippen molar-refractivity contribution >= 4 is 22.9 Å². The average molecular weight is 485 g/mol. The summed E-state index contributed by atoms with van der Waals surface area (Å²) in [6.45, 7) is 7.26. The first-order chi connectivity index (χ1) is 17.2. The van der Waals surface area contributed by atoms with Gasteiger partial charge in [-0.3, -0.25) is 9.69 Å². The SMILES string of the molecule is Cc1nc(-c2ncccn2)sc1C(=O)NCc1ccccc1CN1CCN(c2ccccc2)CC1. The van der Waals surface area contributed by atoms with E-state index in [1.165, 1.54) is 22.6 Å². The second-order valence-corrected chi connectivity index (χ2v) is 9.56. The summed E-state index contributed by atoms with van der Waals surface area (Å²) < 4.78 is 0. The van der Waals surface area contributed by atoms with Gasteiger partial charge in [0.25, 0.3) is 5.91 Å². The zero-order valence-corrected chi connectivity index (χ0v) is 20.5. The van der Waals surface area contributed by atoms with Crippen LogP contribution in [0.25, 0.3) is 10.8 Å². The van der Waals surface area contributed by atoms with E-state index < -0.39 is 0 Å². The summed E-state index contributed by atoms with van der Waals surface area (Å²) in [6, 6.07) is 20.7. The van der Waals surface area contributed by atoms with E-state index in [1.807, 2.05) is 13.0 Å². The average Bonchev–Trinajstić information content (AvgIpc) is 3.31. The number of amides is 1. The molecule has 3 heterocycles. The van der Waals surface area contributed by atoms with Gasteiger partial charge in [-0.2, -0.15) is 0 Å². The number of piperazine rings is 1. The van der Waals surface area contributed by atoms with Gasteiger partial charge in [0, 0.05) is 57.3 Å². The van der Waals surface area contributed by atoms with Gasteiger partial charge >= 0.3 is 0 Å². The Bertz CT molecular complexity index is 1270. The Morgan fingerprint density at radius 3 is 2.34 bits per heavy atom. The molecule has 0 radical (unpaired) electrons. The molecule has 2 aromatic heterocycles. The van der Waals surface area contributed by atoms with Gasteiger partial charge in [-0.05, 0) is 36.2 Å². The van der Waals surface area contributed by atoms with Crippen molar-refractivity contribution in [2.45, 2.75) is 20.0 Å². The van der Waals surface area contributed by atoms with Crippen LogP contribution in [-0.4, -0.2) is 51.9 Å². The summed E-state index contributed by atoms with van der Waals surface area (Å²) in [4.78, 5) is 31.5. The molecule has 0 spiro atoms. The molecule has 1 aliphatic heterocycles. The maximum Gasteiger partial charge on any atom is 0.263 e. The van der Waals surface area contributed by atoms with Crippen molar-refractivity contribution in [3.05, 3.63) is 94.8 Å². The van der Waals surface area contributed by atoms with Gasteiger partial charge in [-0.25, -0.2) is 15.0 Å². The van der Waals surface area contributed by atoms with Crippen molar-refractivity contribution in [3.63, 3.8) is 0 Å². The van der Waals surface area contributed by atoms with Crippen molar-refractivity contribution in [2.75, 3.05) is 31.1 Å². The molecular formula is C27H28N6OS. The first-order valence-corrected chi connectivity index (χ1v) is 12.6. The Morgan fingerprint density at radius 1 is 0.914 bits per heavy atom. The molecule has 1 fully saturated rings. The number of thiazole rings is 1. The van der Waals surface area contributed by atoms with Crippen LogP contribution in [0.15, 0.2) is 73.1 Å². The van der Waals surface area contributed by atoms with E-state index in [1.54, 1.807) is 18.5 Å². The molecule has 0 unspecified atom stereocenters. The molecule has 1 amide bonds. The summed E-state index contributed by atoms with van der Waals surface area (Å²) in [5.74, 6) is 0.422. The molecule has 35 heavy (non-hydrogen) atoms. The maximum atomic E-state index is 13.0. The van der Waals surface area contributed by atoms with Gasteiger partial charge in [0.15, 0.2) is 10.8 Å². The van der Waals surface area contributed by atoms with Crippen LogP contribution < -0.4 is 10.2 Å². The number of carbonyl (C=O) groups is 1. The normalized spacial score (nSPS) is 14.1. The Labute approximate surface area is 209 Å². The Balaban J connectivity index is 1.20. The number of carbonyl (C=O) groups excluding carboxylic acids is 1.